The summed E-state index contributed by atoms with van der Waals surface area (Å²) in [5.41, 5.74) is 6.83. The number of hydrogen-bond acceptors (Lipinski definition) is 3. The molecule has 2 unspecified atom stereocenters. The Labute approximate surface area is 95.8 Å². The number of hydrogen-bond donors (Lipinski definition) is 3. The fraction of sp³-hybridized carbons (Fsp3) is 0.300. The van der Waals surface area contributed by atoms with Gasteiger partial charge in [0.05, 0.1) is 0 Å². The zero-order valence-electron chi connectivity index (χ0n) is 7.90. The molecular formula is C10H11BrN2O2. The largest absolute Gasteiger partial charge is 0.480 e. The molecule has 2 atom stereocenters. The van der Waals surface area contributed by atoms with Gasteiger partial charge < -0.3 is 5.11 Å². The van der Waals surface area contributed by atoms with Crippen LogP contribution in [0.1, 0.15) is 18.0 Å². The summed E-state index contributed by atoms with van der Waals surface area (Å²) in [7, 11) is 0. The summed E-state index contributed by atoms with van der Waals surface area (Å²) in [6.45, 7) is 0. The molecule has 3 N–H and O–H groups in total. The fourth-order valence-corrected chi connectivity index (χ4v) is 1.90. The van der Waals surface area contributed by atoms with Gasteiger partial charge in [-0.15, -0.1) is 0 Å². The second-order valence-corrected chi connectivity index (χ2v) is 4.44. The van der Waals surface area contributed by atoms with Crippen molar-refractivity contribution in [2.24, 2.45) is 0 Å². The highest BCUT2D eigenvalue weighted by Crippen LogP contribution is 2.23. The summed E-state index contributed by atoms with van der Waals surface area (Å²) in [5, 5.41) is 8.81. The summed E-state index contributed by atoms with van der Waals surface area (Å²) in [6.07, 6.45) is 0.566. The molecule has 1 fully saturated rings. The Balaban J connectivity index is 2.07. The van der Waals surface area contributed by atoms with Gasteiger partial charge in [-0.05, 0) is 24.1 Å². The zero-order chi connectivity index (χ0) is 10.8. The second-order valence-electron chi connectivity index (χ2n) is 3.52. The van der Waals surface area contributed by atoms with Crippen LogP contribution in [0.3, 0.4) is 0 Å². The Morgan fingerprint density at radius 3 is 2.53 bits per heavy atom. The van der Waals surface area contributed by atoms with Crippen LogP contribution in [0.5, 0.6) is 0 Å². The average Bonchev–Trinajstić information content (AvgIpc) is 2.68. The first-order valence-corrected chi connectivity index (χ1v) is 5.45. The minimum absolute atomic E-state index is 0.0687. The minimum atomic E-state index is -0.817. The lowest BCUT2D eigenvalue weighted by Gasteiger charge is -2.08. The highest BCUT2D eigenvalue weighted by atomic mass is 79.9. The number of carboxylic acid groups (broad SMARTS) is 1. The SMILES string of the molecule is O=C(O)C1CC(c2ccc(Br)cc2)NN1. The molecule has 15 heavy (non-hydrogen) atoms. The van der Waals surface area contributed by atoms with E-state index in [1.54, 1.807) is 0 Å². The number of carboxylic acids is 1. The van der Waals surface area contributed by atoms with Gasteiger partial charge in [0.15, 0.2) is 0 Å². The van der Waals surface area contributed by atoms with Crippen LogP contribution in [0, 0.1) is 0 Å². The van der Waals surface area contributed by atoms with E-state index in [2.05, 4.69) is 26.8 Å². The van der Waals surface area contributed by atoms with Gasteiger partial charge >= 0.3 is 5.97 Å². The van der Waals surface area contributed by atoms with Gasteiger partial charge in [-0.3, -0.25) is 4.79 Å². The van der Waals surface area contributed by atoms with Crippen molar-refractivity contribution in [2.75, 3.05) is 0 Å². The minimum Gasteiger partial charge on any atom is -0.480 e. The molecule has 1 aromatic carbocycles. The predicted octanol–water partition coefficient (Wildman–Crippen LogP) is 1.44. The molecule has 1 aliphatic rings. The molecule has 0 radical (unpaired) electrons. The van der Waals surface area contributed by atoms with Crippen molar-refractivity contribution in [2.45, 2.75) is 18.5 Å². The number of halogens is 1. The third-order valence-electron chi connectivity index (χ3n) is 2.47. The van der Waals surface area contributed by atoms with Gasteiger partial charge in [0.2, 0.25) is 0 Å². The molecule has 0 aliphatic carbocycles. The number of carbonyl (C=O) groups is 1. The first-order chi connectivity index (χ1) is 7.16. The maximum absolute atomic E-state index is 10.7. The Hall–Kier alpha value is -0.910. The molecule has 80 valence electrons. The van der Waals surface area contributed by atoms with Crippen LogP contribution in [0.15, 0.2) is 28.7 Å². The van der Waals surface area contributed by atoms with Gasteiger partial charge in [0.25, 0.3) is 0 Å². The van der Waals surface area contributed by atoms with Gasteiger partial charge in [0, 0.05) is 10.5 Å². The fourth-order valence-electron chi connectivity index (χ4n) is 1.63. The van der Waals surface area contributed by atoms with Crippen molar-refractivity contribution in [1.29, 1.82) is 0 Å². The Bertz CT molecular complexity index is 366. The van der Waals surface area contributed by atoms with Crippen LogP contribution in [-0.4, -0.2) is 17.1 Å². The van der Waals surface area contributed by atoms with Gasteiger partial charge in [-0.1, -0.05) is 28.1 Å². The van der Waals surface area contributed by atoms with E-state index in [9.17, 15) is 4.79 Å². The highest BCUT2D eigenvalue weighted by Gasteiger charge is 2.29. The third-order valence-corrected chi connectivity index (χ3v) is 3.00. The van der Waals surface area contributed by atoms with Crippen LogP contribution in [-0.2, 0) is 4.79 Å². The lowest BCUT2D eigenvalue weighted by atomic mass is 10.0. The molecule has 0 aromatic heterocycles. The number of rotatable bonds is 2. The van der Waals surface area contributed by atoms with Crippen LogP contribution < -0.4 is 10.9 Å². The molecule has 4 nitrogen and oxygen atoms in total. The van der Waals surface area contributed by atoms with Gasteiger partial charge in [-0.2, -0.15) is 0 Å². The zero-order valence-corrected chi connectivity index (χ0v) is 9.49. The number of benzene rings is 1. The average molecular weight is 271 g/mol. The van der Waals surface area contributed by atoms with E-state index in [0.29, 0.717) is 6.42 Å². The Kier molecular flexibility index (Phi) is 3.04. The standard InChI is InChI=1S/C10H11BrN2O2/c11-7-3-1-6(2-4-7)8-5-9(10(14)15)13-12-8/h1-4,8-9,12-13H,5H2,(H,14,15). The van der Waals surface area contributed by atoms with E-state index < -0.39 is 12.0 Å². The summed E-state index contributed by atoms with van der Waals surface area (Å²) in [4.78, 5) is 10.7. The van der Waals surface area contributed by atoms with E-state index in [1.807, 2.05) is 24.3 Å². The smallest absolute Gasteiger partial charge is 0.322 e. The van der Waals surface area contributed by atoms with E-state index in [-0.39, 0.29) is 6.04 Å². The normalized spacial score (nSPS) is 25.4. The highest BCUT2D eigenvalue weighted by molar-refractivity contribution is 9.10. The van der Waals surface area contributed by atoms with Crippen LogP contribution >= 0.6 is 15.9 Å². The summed E-state index contributed by atoms with van der Waals surface area (Å²) >= 11 is 3.36. The molecule has 1 heterocycles. The molecule has 0 spiro atoms. The van der Waals surface area contributed by atoms with E-state index in [1.165, 1.54) is 0 Å². The van der Waals surface area contributed by atoms with Crippen molar-refractivity contribution in [3.8, 4) is 0 Å². The first kappa shape index (κ1) is 10.6. The molecule has 0 saturated carbocycles. The molecule has 0 amide bonds. The van der Waals surface area contributed by atoms with Crippen molar-refractivity contribution >= 4 is 21.9 Å². The molecule has 1 saturated heterocycles. The predicted molar refractivity (Wildman–Crippen MR) is 59.2 cm³/mol. The van der Waals surface area contributed by atoms with Gasteiger partial charge in [0.1, 0.15) is 6.04 Å². The van der Waals surface area contributed by atoms with Crippen LogP contribution in [0.2, 0.25) is 0 Å². The Morgan fingerprint density at radius 2 is 2.00 bits per heavy atom. The van der Waals surface area contributed by atoms with E-state index >= 15 is 0 Å². The van der Waals surface area contributed by atoms with Gasteiger partial charge in [-0.25, -0.2) is 10.9 Å². The lowest BCUT2D eigenvalue weighted by molar-refractivity contribution is -0.139. The number of hydrazine groups is 1. The molecule has 5 heteroatoms. The van der Waals surface area contributed by atoms with Crippen LogP contribution in [0.4, 0.5) is 0 Å². The number of nitrogens with one attached hydrogen (secondary N) is 2. The van der Waals surface area contributed by atoms with Crippen molar-refractivity contribution in [1.82, 2.24) is 10.9 Å². The topological polar surface area (TPSA) is 61.4 Å². The quantitative estimate of drug-likeness (QED) is 0.761. The number of aliphatic carboxylic acids is 1. The first-order valence-electron chi connectivity index (χ1n) is 4.66. The maximum atomic E-state index is 10.7. The molecule has 2 rings (SSSR count). The monoisotopic (exact) mass is 270 g/mol. The third kappa shape index (κ3) is 2.37. The molecule has 1 aromatic rings. The maximum Gasteiger partial charge on any atom is 0.322 e. The molecular weight excluding hydrogens is 260 g/mol. The summed E-state index contributed by atoms with van der Waals surface area (Å²) < 4.78 is 1.02. The summed E-state index contributed by atoms with van der Waals surface area (Å²) in [6, 6.07) is 7.43. The molecule has 0 bridgehead atoms. The summed E-state index contributed by atoms with van der Waals surface area (Å²) in [5.74, 6) is -0.817. The van der Waals surface area contributed by atoms with E-state index in [0.717, 1.165) is 10.0 Å². The lowest BCUT2D eigenvalue weighted by Crippen LogP contribution is -2.36. The second kappa shape index (κ2) is 4.30. The van der Waals surface area contributed by atoms with Crippen molar-refractivity contribution in [3.63, 3.8) is 0 Å². The Morgan fingerprint density at radius 1 is 1.33 bits per heavy atom. The van der Waals surface area contributed by atoms with Crippen molar-refractivity contribution < 1.29 is 9.90 Å². The van der Waals surface area contributed by atoms with Crippen LogP contribution in [0.25, 0.3) is 0 Å². The van der Waals surface area contributed by atoms with Crippen molar-refractivity contribution in [3.05, 3.63) is 34.3 Å². The van der Waals surface area contributed by atoms with E-state index in [4.69, 9.17) is 5.11 Å². The molecule has 1 aliphatic heterocycles.